The van der Waals surface area contributed by atoms with E-state index in [2.05, 4.69) is 0 Å². The topological polar surface area (TPSA) is 74.8 Å². The van der Waals surface area contributed by atoms with Crippen LogP contribution < -0.4 is 8.61 Å². The Balaban J connectivity index is 1.81. The number of benzene rings is 2. The summed E-state index contributed by atoms with van der Waals surface area (Å²) in [5.41, 5.74) is 2.73. The Kier molecular flexibility index (Phi) is 4.66. The first-order valence-corrected chi connectivity index (χ1v) is 12.5. The molecule has 1 atom stereocenters. The molecule has 2 aromatic rings. The largest absolute Gasteiger partial charge is 0.270 e. The molecule has 0 bridgehead atoms. The fourth-order valence-electron chi connectivity index (χ4n) is 4.11. The minimum Gasteiger partial charge on any atom is -0.270 e. The van der Waals surface area contributed by atoms with Gasteiger partial charge in [-0.15, -0.1) is 0 Å². The third-order valence-electron chi connectivity index (χ3n) is 5.49. The van der Waals surface area contributed by atoms with Crippen molar-refractivity contribution in [3.05, 3.63) is 53.6 Å². The van der Waals surface area contributed by atoms with Gasteiger partial charge in [0.25, 0.3) is 10.0 Å². The molecule has 2 aromatic carbocycles. The molecule has 150 valence electrons. The first-order valence-electron chi connectivity index (χ1n) is 9.45. The van der Waals surface area contributed by atoms with Crippen LogP contribution in [0.4, 0.5) is 11.4 Å². The van der Waals surface area contributed by atoms with E-state index < -0.39 is 20.0 Å². The maximum absolute atomic E-state index is 13.6. The fourth-order valence-corrected chi connectivity index (χ4v) is 7.68. The highest BCUT2D eigenvalue weighted by Crippen LogP contribution is 2.38. The van der Waals surface area contributed by atoms with Crippen LogP contribution in [0, 0.1) is 6.92 Å². The van der Waals surface area contributed by atoms with Crippen LogP contribution in [0.5, 0.6) is 0 Å². The van der Waals surface area contributed by atoms with E-state index >= 15 is 0 Å². The molecule has 0 saturated carbocycles. The summed E-state index contributed by atoms with van der Waals surface area (Å²) < 4.78 is 54.9. The zero-order valence-corrected chi connectivity index (χ0v) is 17.6. The SMILES string of the molecule is Cc1ccc(N2CCCCS2(=O)=O)cc1S(=O)(=O)N1c2ccccc2CC1C. The van der Waals surface area contributed by atoms with Crippen molar-refractivity contribution in [1.82, 2.24) is 0 Å². The smallest absolute Gasteiger partial charge is 0.264 e. The molecule has 0 aromatic heterocycles. The Morgan fingerprint density at radius 1 is 1.07 bits per heavy atom. The van der Waals surface area contributed by atoms with Crippen LogP contribution in [-0.2, 0) is 26.5 Å². The van der Waals surface area contributed by atoms with Crippen molar-refractivity contribution in [2.45, 2.75) is 44.0 Å². The van der Waals surface area contributed by atoms with Crippen molar-refractivity contribution in [3.8, 4) is 0 Å². The summed E-state index contributed by atoms with van der Waals surface area (Å²) in [5.74, 6) is 0.0967. The summed E-state index contributed by atoms with van der Waals surface area (Å²) in [4.78, 5) is 0.161. The van der Waals surface area contributed by atoms with Crippen molar-refractivity contribution in [2.75, 3.05) is 20.9 Å². The van der Waals surface area contributed by atoms with Gasteiger partial charge in [0, 0.05) is 12.6 Å². The van der Waals surface area contributed by atoms with E-state index in [0.717, 1.165) is 12.0 Å². The van der Waals surface area contributed by atoms with Crippen molar-refractivity contribution in [2.24, 2.45) is 0 Å². The lowest BCUT2D eigenvalue weighted by Gasteiger charge is -2.30. The second-order valence-electron chi connectivity index (χ2n) is 7.53. The first-order chi connectivity index (χ1) is 13.2. The number of sulfonamides is 2. The van der Waals surface area contributed by atoms with E-state index in [-0.39, 0.29) is 16.7 Å². The molecule has 0 radical (unpaired) electrons. The minimum atomic E-state index is -3.82. The predicted molar refractivity (Wildman–Crippen MR) is 111 cm³/mol. The summed E-state index contributed by atoms with van der Waals surface area (Å²) in [6.07, 6.45) is 2.07. The number of para-hydroxylation sites is 1. The summed E-state index contributed by atoms with van der Waals surface area (Å²) >= 11 is 0. The third-order valence-corrected chi connectivity index (χ3v) is 9.43. The molecule has 0 spiro atoms. The highest BCUT2D eigenvalue weighted by Gasteiger charge is 2.37. The van der Waals surface area contributed by atoms with E-state index in [1.165, 1.54) is 14.7 Å². The number of hydrogen-bond donors (Lipinski definition) is 0. The van der Waals surface area contributed by atoms with Crippen LogP contribution in [0.15, 0.2) is 47.4 Å². The summed E-state index contributed by atoms with van der Waals surface area (Å²) in [7, 11) is -7.22. The second-order valence-corrected chi connectivity index (χ2v) is 11.3. The lowest BCUT2D eigenvalue weighted by Crippen LogP contribution is -2.38. The molecular weight excluding hydrogens is 396 g/mol. The number of aryl methyl sites for hydroxylation is 1. The van der Waals surface area contributed by atoms with Crippen LogP contribution in [-0.4, -0.2) is 35.2 Å². The Morgan fingerprint density at radius 2 is 1.82 bits per heavy atom. The molecule has 6 nitrogen and oxygen atoms in total. The minimum absolute atomic E-state index is 0.0967. The molecule has 1 unspecified atom stereocenters. The number of fused-ring (bicyclic) bond motifs is 1. The molecule has 0 aliphatic carbocycles. The zero-order chi connectivity index (χ0) is 20.1. The lowest BCUT2D eigenvalue weighted by molar-refractivity contribution is 0.573. The highest BCUT2D eigenvalue weighted by atomic mass is 32.2. The molecule has 1 fully saturated rings. The Morgan fingerprint density at radius 3 is 2.57 bits per heavy atom. The Labute approximate surface area is 166 Å². The van der Waals surface area contributed by atoms with Gasteiger partial charge in [-0.05, 0) is 62.4 Å². The van der Waals surface area contributed by atoms with E-state index in [1.54, 1.807) is 19.1 Å². The van der Waals surface area contributed by atoms with Gasteiger partial charge in [0.1, 0.15) is 0 Å². The van der Waals surface area contributed by atoms with Crippen LogP contribution in [0.25, 0.3) is 0 Å². The Hall–Kier alpha value is -2.06. The molecule has 0 amide bonds. The van der Waals surface area contributed by atoms with E-state index in [0.29, 0.717) is 36.3 Å². The molecule has 1 saturated heterocycles. The fraction of sp³-hybridized carbons (Fsp3) is 0.400. The molecule has 0 N–H and O–H groups in total. The summed E-state index contributed by atoms with van der Waals surface area (Å²) in [5, 5.41) is 0. The number of anilines is 2. The summed E-state index contributed by atoms with van der Waals surface area (Å²) in [6, 6.07) is 12.2. The van der Waals surface area contributed by atoms with Gasteiger partial charge in [0.2, 0.25) is 10.0 Å². The van der Waals surface area contributed by atoms with Crippen molar-refractivity contribution in [3.63, 3.8) is 0 Å². The molecule has 2 aliphatic heterocycles. The maximum atomic E-state index is 13.6. The normalized spacial score (nSPS) is 21.6. The number of nitrogens with zero attached hydrogens (tertiary/aromatic N) is 2. The van der Waals surface area contributed by atoms with Gasteiger partial charge >= 0.3 is 0 Å². The van der Waals surface area contributed by atoms with Gasteiger partial charge in [0.15, 0.2) is 0 Å². The number of hydrogen-bond acceptors (Lipinski definition) is 4. The standard InChI is InChI=1S/C20H24N2O4S2/c1-15-9-10-18(21-11-5-6-12-27(21,23)24)14-20(15)28(25,26)22-16(2)13-17-7-3-4-8-19(17)22/h3-4,7-10,14,16H,5-6,11-13H2,1-2H3. The number of rotatable bonds is 3. The van der Waals surface area contributed by atoms with Crippen LogP contribution in [0.2, 0.25) is 0 Å². The van der Waals surface area contributed by atoms with Gasteiger partial charge in [-0.2, -0.15) is 0 Å². The van der Waals surface area contributed by atoms with Gasteiger partial charge in [0.05, 0.1) is 22.0 Å². The van der Waals surface area contributed by atoms with Crippen LogP contribution in [0.1, 0.15) is 30.9 Å². The molecule has 28 heavy (non-hydrogen) atoms. The van der Waals surface area contributed by atoms with Crippen molar-refractivity contribution < 1.29 is 16.8 Å². The molecule has 2 heterocycles. The average Bonchev–Trinajstić information content (AvgIpc) is 2.98. The first kappa shape index (κ1) is 19.3. The van der Waals surface area contributed by atoms with E-state index in [1.807, 2.05) is 31.2 Å². The average molecular weight is 421 g/mol. The molecule has 2 aliphatic rings. The van der Waals surface area contributed by atoms with Crippen molar-refractivity contribution in [1.29, 1.82) is 0 Å². The van der Waals surface area contributed by atoms with Gasteiger partial charge in [-0.25, -0.2) is 16.8 Å². The molecular formula is C20H24N2O4S2. The van der Waals surface area contributed by atoms with Crippen LogP contribution in [0.3, 0.4) is 0 Å². The zero-order valence-electron chi connectivity index (χ0n) is 16.0. The monoisotopic (exact) mass is 420 g/mol. The predicted octanol–water partition coefficient (Wildman–Crippen LogP) is 3.06. The quantitative estimate of drug-likeness (QED) is 0.765. The van der Waals surface area contributed by atoms with Crippen LogP contribution >= 0.6 is 0 Å². The lowest BCUT2D eigenvalue weighted by atomic mass is 10.1. The van der Waals surface area contributed by atoms with Gasteiger partial charge in [-0.3, -0.25) is 8.61 Å². The molecule has 8 heteroatoms. The Bertz CT molecular complexity index is 1130. The second kappa shape index (κ2) is 6.77. The maximum Gasteiger partial charge on any atom is 0.264 e. The van der Waals surface area contributed by atoms with E-state index in [9.17, 15) is 16.8 Å². The van der Waals surface area contributed by atoms with Gasteiger partial charge < -0.3 is 0 Å². The summed E-state index contributed by atoms with van der Waals surface area (Å²) in [6.45, 7) is 4.02. The third kappa shape index (κ3) is 3.08. The van der Waals surface area contributed by atoms with Crippen molar-refractivity contribution >= 4 is 31.4 Å². The van der Waals surface area contributed by atoms with E-state index in [4.69, 9.17) is 0 Å². The molecule has 4 rings (SSSR count). The van der Waals surface area contributed by atoms with Gasteiger partial charge in [-0.1, -0.05) is 24.3 Å². The highest BCUT2D eigenvalue weighted by molar-refractivity contribution is 7.93.